The van der Waals surface area contributed by atoms with Gasteiger partial charge >= 0.3 is 0 Å². The molecule has 1 aliphatic rings. The van der Waals surface area contributed by atoms with Crippen molar-refractivity contribution < 1.29 is 0 Å². The summed E-state index contributed by atoms with van der Waals surface area (Å²) in [5.41, 5.74) is 7.23. The predicted octanol–water partition coefficient (Wildman–Crippen LogP) is 3.39. The highest BCUT2D eigenvalue weighted by Crippen LogP contribution is 2.32. The first-order valence-electron chi connectivity index (χ1n) is 5.08. The molecule has 0 radical (unpaired) electrons. The molecule has 82 valence electrons. The first kappa shape index (κ1) is 11.1. The Balaban J connectivity index is 2.19. The Kier molecular flexibility index (Phi) is 3.10. The minimum absolute atomic E-state index is 0.271. The van der Waals surface area contributed by atoms with Crippen molar-refractivity contribution in [1.82, 2.24) is 5.32 Å². The SMILES string of the molecule is CC(NC1CC1)c1cc(Cl)c(N)c(Cl)c1. The van der Waals surface area contributed by atoms with E-state index in [0.717, 1.165) is 5.56 Å². The first-order chi connectivity index (χ1) is 7.08. The number of halogens is 2. The van der Waals surface area contributed by atoms with Crippen molar-refractivity contribution in [2.45, 2.75) is 31.8 Å². The van der Waals surface area contributed by atoms with Crippen LogP contribution >= 0.6 is 23.2 Å². The van der Waals surface area contributed by atoms with Gasteiger partial charge < -0.3 is 11.1 Å². The number of nitrogens with two attached hydrogens (primary N) is 1. The summed E-state index contributed by atoms with van der Waals surface area (Å²) >= 11 is 12.0. The van der Waals surface area contributed by atoms with Crippen LogP contribution in [0.4, 0.5) is 5.69 Å². The standard InChI is InChI=1S/C11H14Cl2N2/c1-6(15-8-2-3-8)7-4-9(12)11(14)10(13)5-7/h4-6,8,15H,2-3,14H2,1H3. The van der Waals surface area contributed by atoms with E-state index >= 15 is 0 Å². The molecule has 3 N–H and O–H groups in total. The third kappa shape index (κ3) is 2.57. The van der Waals surface area contributed by atoms with Gasteiger partial charge in [-0.05, 0) is 37.5 Å². The molecule has 1 aromatic carbocycles. The Labute approximate surface area is 99.7 Å². The average molecular weight is 245 g/mol. The second-order valence-corrected chi connectivity index (χ2v) is 4.88. The molecular formula is C11H14Cl2N2. The molecule has 4 heteroatoms. The molecule has 2 rings (SSSR count). The van der Waals surface area contributed by atoms with Crippen molar-refractivity contribution in [1.29, 1.82) is 0 Å². The second kappa shape index (κ2) is 4.20. The van der Waals surface area contributed by atoms with Crippen LogP contribution in [0.15, 0.2) is 12.1 Å². The van der Waals surface area contributed by atoms with E-state index < -0.39 is 0 Å². The molecule has 1 saturated carbocycles. The summed E-state index contributed by atoms with van der Waals surface area (Å²) in [6, 6.07) is 4.69. The van der Waals surface area contributed by atoms with Crippen LogP contribution in [0.1, 0.15) is 31.4 Å². The summed E-state index contributed by atoms with van der Waals surface area (Å²) in [4.78, 5) is 0. The van der Waals surface area contributed by atoms with Gasteiger partial charge in [0.1, 0.15) is 0 Å². The van der Waals surface area contributed by atoms with E-state index in [2.05, 4.69) is 12.2 Å². The Morgan fingerprint density at radius 3 is 2.33 bits per heavy atom. The summed E-state index contributed by atoms with van der Waals surface area (Å²) in [5.74, 6) is 0. The average Bonchev–Trinajstić information content (AvgIpc) is 2.97. The van der Waals surface area contributed by atoms with Crippen LogP contribution in [-0.2, 0) is 0 Å². The van der Waals surface area contributed by atoms with E-state index in [4.69, 9.17) is 28.9 Å². The Morgan fingerprint density at radius 2 is 1.87 bits per heavy atom. The van der Waals surface area contributed by atoms with Gasteiger partial charge in [0.25, 0.3) is 0 Å². The Morgan fingerprint density at radius 1 is 1.33 bits per heavy atom. The van der Waals surface area contributed by atoms with Crippen LogP contribution in [0.2, 0.25) is 10.0 Å². The third-order valence-corrected chi connectivity index (χ3v) is 3.29. The van der Waals surface area contributed by atoms with Gasteiger partial charge in [-0.25, -0.2) is 0 Å². The number of nitrogen functional groups attached to an aromatic ring is 1. The van der Waals surface area contributed by atoms with Crippen molar-refractivity contribution >= 4 is 28.9 Å². The van der Waals surface area contributed by atoms with Crippen molar-refractivity contribution in [2.24, 2.45) is 0 Å². The number of hydrogen-bond acceptors (Lipinski definition) is 2. The highest BCUT2D eigenvalue weighted by Gasteiger charge is 2.23. The Bertz CT molecular complexity index is 352. The molecule has 1 aromatic rings. The molecule has 0 bridgehead atoms. The topological polar surface area (TPSA) is 38.0 Å². The number of nitrogens with one attached hydrogen (secondary N) is 1. The zero-order valence-corrected chi connectivity index (χ0v) is 10.1. The van der Waals surface area contributed by atoms with Crippen molar-refractivity contribution in [3.8, 4) is 0 Å². The van der Waals surface area contributed by atoms with Crippen LogP contribution in [0, 0.1) is 0 Å². The van der Waals surface area contributed by atoms with Gasteiger partial charge in [0.05, 0.1) is 15.7 Å². The molecule has 1 atom stereocenters. The molecule has 1 fully saturated rings. The fourth-order valence-corrected chi connectivity index (χ4v) is 2.06. The van der Waals surface area contributed by atoms with Crippen LogP contribution in [0.25, 0.3) is 0 Å². The maximum Gasteiger partial charge on any atom is 0.0693 e. The van der Waals surface area contributed by atoms with Crippen LogP contribution in [0.3, 0.4) is 0 Å². The van der Waals surface area contributed by atoms with Crippen LogP contribution in [-0.4, -0.2) is 6.04 Å². The largest absolute Gasteiger partial charge is 0.396 e. The lowest BCUT2D eigenvalue weighted by Crippen LogP contribution is -2.20. The maximum absolute atomic E-state index is 5.98. The van der Waals surface area contributed by atoms with Gasteiger partial charge in [-0.15, -0.1) is 0 Å². The minimum Gasteiger partial charge on any atom is -0.396 e. The summed E-state index contributed by atoms with van der Waals surface area (Å²) in [5, 5.41) is 4.55. The van der Waals surface area contributed by atoms with Gasteiger partial charge in [-0.3, -0.25) is 0 Å². The summed E-state index contributed by atoms with van der Waals surface area (Å²) in [7, 11) is 0. The lowest BCUT2D eigenvalue weighted by Gasteiger charge is -2.15. The Hall–Kier alpha value is -0.440. The summed E-state index contributed by atoms with van der Waals surface area (Å²) in [6.07, 6.45) is 2.53. The molecule has 0 heterocycles. The van der Waals surface area contributed by atoms with Crippen molar-refractivity contribution in [3.05, 3.63) is 27.7 Å². The lowest BCUT2D eigenvalue weighted by molar-refractivity contribution is 0.571. The molecule has 0 aromatic heterocycles. The maximum atomic E-state index is 5.98. The molecule has 1 aliphatic carbocycles. The number of benzene rings is 1. The number of rotatable bonds is 3. The van der Waals surface area contributed by atoms with Crippen LogP contribution in [0.5, 0.6) is 0 Å². The quantitative estimate of drug-likeness (QED) is 0.801. The van der Waals surface area contributed by atoms with Gasteiger partial charge in [0.15, 0.2) is 0 Å². The lowest BCUT2D eigenvalue weighted by atomic mass is 10.1. The van der Waals surface area contributed by atoms with Gasteiger partial charge in [-0.1, -0.05) is 23.2 Å². The van der Waals surface area contributed by atoms with Crippen molar-refractivity contribution in [2.75, 3.05) is 5.73 Å². The molecule has 0 saturated heterocycles. The molecule has 0 spiro atoms. The molecule has 15 heavy (non-hydrogen) atoms. The third-order valence-electron chi connectivity index (χ3n) is 2.66. The molecule has 0 aliphatic heterocycles. The first-order valence-corrected chi connectivity index (χ1v) is 5.84. The minimum atomic E-state index is 0.271. The zero-order valence-electron chi connectivity index (χ0n) is 8.56. The number of hydrogen-bond donors (Lipinski definition) is 2. The monoisotopic (exact) mass is 244 g/mol. The van der Waals surface area contributed by atoms with E-state index in [1.54, 1.807) is 0 Å². The molecule has 1 unspecified atom stereocenters. The van der Waals surface area contributed by atoms with Gasteiger partial charge in [-0.2, -0.15) is 0 Å². The van der Waals surface area contributed by atoms with E-state index in [9.17, 15) is 0 Å². The van der Waals surface area contributed by atoms with E-state index in [-0.39, 0.29) is 6.04 Å². The van der Waals surface area contributed by atoms with E-state index in [1.807, 2.05) is 12.1 Å². The highest BCUT2D eigenvalue weighted by molar-refractivity contribution is 6.38. The molecule has 2 nitrogen and oxygen atoms in total. The number of anilines is 1. The van der Waals surface area contributed by atoms with Crippen LogP contribution < -0.4 is 11.1 Å². The molecular weight excluding hydrogens is 231 g/mol. The molecule has 0 amide bonds. The van der Waals surface area contributed by atoms with Gasteiger partial charge in [0.2, 0.25) is 0 Å². The normalized spacial score (nSPS) is 17.8. The fourth-order valence-electron chi connectivity index (χ4n) is 1.55. The predicted molar refractivity (Wildman–Crippen MR) is 65.4 cm³/mol. The van der Waals surface area contributed by atoms with Gasteiger partial charge in [0, 0.05) is 12.1 Å². The summed E-state index contributed by atoms with van der Waals surface area (Å²) < 4.78 is 0. The van der Waals surface area contributed by atoms with Crippen molar-refractivity contribution in [3.63, 3.8) is 0 Å². The van der Waals surface area contributed by atoms with E-state index in [0.29, 0.717) is 21.8 Å². The smallest absolute Gasteiger partial charge is 0.0693 e. The highest BCUT2D eigenvalue weighted by atomic mass is 35.5. The second-order valence-electron chi connectivity index (χ2n) is 4.06. The zero-order chi connectivity index (χ0) is 11.0. The summed E-state index contributed by atoms with van der Waals surface area (Å²) in [6.45, 7) is 2.11. The fraction of sp³-hybridized carbons (Fsp3) is 0.455. The van der Waals surface area contributed by atoms with E-state index in [1.165, 1.54) is 12.8 Å².